The van der Waals surface area contributed by atoms with Crippen LogP contribution in [0.4, 0.5) is 0 Å². The van der Waals surface area contributed by atoms with Crippen molar-refractivity contribution in [2.24, 2.45) is 0 Å². The van der Waals surface area contributed by atoms with Gasteiger partial charge in [-0.25, -0.2) is 0 Å². The quantitative estimate of drug-likeness (QED) is 0.394. The molecule has 0 aliphatic carbocycles. The number of aromatic nitrogens is 6. The van der Waals surface area contributed by atoms with Crippen LogP contribution < -0.4 is 0 Å². The zero-order chi connectivity index (χ0) is 20.1. The summed E-state index contributed by atoms with van der Waals surface area (Å²) in [6.07, 6.45) is 3.48. The second-order valence-corrected chi connectivity index (χ2v) is 7.74. The number of nitrogens with zero attached hydrogens (tertiary/aromatic N) is 6. The normalized spacial score (nSPS) is 11.1. The first-order valence-electron chi connectivity index (χ1n) is 9.63. The summed E-state index contributed by atoms with van der Waals surface area (Å²) in [7, 11) is 0. The Hall–Kier alpha value is -3.00. The average Bonchev–Trinajstić information content (AvgIpc) is 3.41. The number of unbranched alkanes of at least 4 members (excludes halogenated alkanes) is 1. The van der Waals surface area contributed by atoms with E-state index in [1.807, 2.05) is 43.3 Å². The van der Waals surface area contributed by atoms with Crippen molar-refractivity contribution in [1.82, 2.24) is 30.4 Å². The van der Waals surface area contributed by atoms with Gasteiger partial charge in [0.1, 0.15) is 0 Å². The molecule has 0 fully saturated rings. The highest BCUT2D eigenvalue weighted by Crippen LogP contribution is 2.24. The minimum Gasteiger partial charge on any atom is -0.420 e. The van der Waals surface area contributed by atoms with Gasteiger partial charge in [0.25, 0.3) is 0 Å². The molecule has 7 nitrogen and oxygen atoms in total. The Kier molecular flexibility index (Phi) is 6.00. The molecule has 0 radical (unpaired) electrons. The lowest BCUT2D eigenvalue weighted by atomic mass is 10.1. The SMILES string of the molecule is CCCCc1ccc(-n2nnnc2SCc2nnc(-c3ccc(C)cc3)o2)cc1. The fourth-order valence-electron chi connectivity index (χ4n) is 2.87. The average molecular weight is 407 g/mol. The van der Waals surface area contributed by atoms with Crippen molar-refractivity contribution in [2.45, 2.75) is 44.0 Å². The van der Waals surface area contributed by atoms with Gasteiger partial charge in [-0.15, -0.1) is 15.3 Å². The molecule has 2 aromatic heterocycles. The third-order valence-electron chi connectivity index (χ3n) is 4.53. The Morgan fingerprint density at radius 3 is 2.52 bits per heavy atom. The van der Waals surface area contributed by atoms with E-state index in [0.717, 1.165) is 17.7 Å². The van der Waals surface area contributed by atoms with Crippen molar-refractivity contribution in [3.8, 4) is 17.1 Å². The maximum atomic E-state index is 5.79. The summed E-state index contributed by atoms with van der Waals surface area (Å²) in [5.41, 5.74) is 4.36. The molecule has 8 heteroatoms. The van der Waals surface area contributed by atoms with Gasteiger partial charge in [0, 0.05) is 5.56 Å². The Morgan fingerprint density at radius 2 is 1.76 bits per heavy atom. The highest BCUT2D eigenvalue weighted by atomic mass is 32.2. The van der Waals surface area contributed by atoms with Gasteiger partial charge in [0.2, 0.25) is 16.9 Å². The van der Waals surface area contributed by atoms with Gasteiger partial charge in [-0.3, -0.25) is 0 Å². The van der Waals surface area contributed by atoms with E-state index in [4.69, 9.17) is 4.42 Å². The van der Waals surface area contributed by atoms with Crippen LogP contribution in [0.25, 0.3) is 17.1 Å². The molecular weight excluding hydrogens is 384 g/mol. The van der Waals surface area contributed by atoms with Gasteiger partial charge in [0.05, 0.1) is 11.4 Å². The van der Waals surface area contributed by atoms with Crippen molar-refractivity contribution in [3.63, 3.8) is 0 Å². The minimum atomic E-state index is 0.494. The Balaban J connectivity index is 1.43. The first-order valence-corrected chi connectivity index (χ1v) is 10.6. The molecule has 0 amide bonds. The van der Waals surface area contributed by atoms with Crippen LogP contribution in [0.2, 0.25) is 0 Å². The molecule has 0 atom stereocenters. The number of aryl methyl sites for hydroxylation is 2. The molecule has 2 heterocycles. The summed E-state index contributed by atoms with van der Waals surface area (Å²) in [4.78, 5) is 0. The number of benzene rings is 2. The van der Waals surface area contributed by atoms with Gasteiger partial charge >= 0.3 is 0 Å². The van der Waals surface area contributed by atoms with Crippen molar-refractivity contribution in [3.05, 3.63) is 65.5 Å². The molecule has 0 saturated carbocycles. The zero-order valence-electron chi connectivity index (χ0n) is 16.4. The topological polar surface area (TPSA) is 82.5 Å². The van der Waals surface area contributed by atoms with Gasteiger partial charge in [0.15, 0.2) is 0 Å². The van der Waals surface area contributed by atoms with Gasteiger partial charge in [-0.2, -0.15) is 4.68 Å². The molecular formula is C21H22N6OS. The zero-order valence-corrected chi connectivity index (χ0v) is 17.3. The number of hydrogen-bond donors (Lipinski definition) is 0. The Labute approximate surface area is 173 Å². The molecule has 0 bridgehead atoms. The molecule has 0 spiro atoms. The first-order chi connectivity index (χ1) is 14.2. The summed E-state index contributed by atoms with van der Waals surface area (Å²) in [6.45, 7) is 4.24. The van der Waals surface area contributed by atoms with E-state index in [2.05, 4.69) is 44.8 Å². The lowest BCUT2D eigenvalue weighted by molar-refractivity contribution is 0.528. The lowest BCUT2D eigenvalue weighted by Crippen LogP contribution is -1.99. The fourth-order valence-corrected chi connectivity index (χ4v) is 3.59. The minimum absolute atomic E-state index is 0.494. The van der Waals surface area contributed by atoms with E-state index < -0.39 is 0 Å². The molecule has 4 rings (SSSR count). The number of hydrogen-bond acceptors (Lipinski definition) is 7. The van der Waals surface area contributed by atoms with Crippen molar-refractivity contribution in [2.75, 3.05) is 0 Å². The fraction of sp³-hybridized carbons (Fsp3) is 0.286. The maximum Gasteiger partial charge on any atom is 0.247 e. The van der Waals surface area contributed by atoms with E-state index in [9.17, 15) is 0 Å². The third kappa shape index (κ3) is 4.71. The van der Waals surface area contributed by atoms with Crippen molar-refractivity contribution in [1.29, 1.82) is 0 Å². The van der Waals surface area contributed by atoms with Crippen LogP contribution in [0.3, 0.4) is 0 Å². The highest BCUT2D eigenvalue weighted by molar-refractivity contribution is 7.98. The molecule has 2 aromatic carbocycles. The van der Waals surface area contributed by atoms with Crippen LogP contribution in [0, 0.1) is 6.92 Å². The van der Waals surface area contributed by atoms with E-state index in [1.54, 1.807) is 4.68 Å². The van der Waals surface area contributed by atoms with Crippen LogP contribution in [-0.4, -0.2) is 30.4 Å². The molecule has 4 aromatic rings. The molecule has 148 valence electrons. The summed E-state index contributed by atoms with van der Waals surface area (Å²) in [6, 6.07) is 16.4. The van der Waals surface area contributed by atoms with Crippen LogP contribution in [0.5, 0.6) is 0 Å². The Bertz CT molecular complexity index is 1060. The van der Waals surface area contributed by atoms with Crippen LogP contribution in [0.15, 0.2) is 58.1 Å². The smallest absolute Gasteiger partial charge is 0.247 e. The van der Waals surface area contributed by atoms with E-state index in [0.29, 0.717) is 22.7 Å². The molecule has 0 N–H and O–H groups in total. The number of tetrazole rings is 1. The number of thioether (sulfide) groups is 1. The lowest BCUT2D eigenvalue weighted by Gasteiger charge is -2.05. The summed E-state index contributed by atoms with van der Waals surface area (Å²) in [5.74, 6) is 1.55. The highest BCUT2D eigenvalue weighted by Gasteiger charge is 2.13. The van der Waals surface area contributed by atoms with E-state index in [1.165, 1.54) is 35.7 Å². The van der Waals surface area contributed by atoms with Gasteiger partial charge in [-0.05, 0) is 60.0 Å². The molecule has 0 aliphatic rings. The summed E-state index contributed by atoms with van der Waals surface area (Å²) < 4.78 is 7.51. The summed E-state index contributed by atoms with van der Waals surface area (Å²) >= 11 is 1.46. The van der Waals surface area contributed by atoms with Crippen molar-refractivity contribution < 1.29 is 4.42 Å². The monoisotopic (exact) mass is 406 g/mol. The molecule has 0 unspecified atom stereocenters. The van der Waals surface area contributed by atoms with Crippen LogP contribution in [0.1, 0.15) is 36.8 Å². The predicted molar refractivity (Wildman–Crippen MR) is 112 cm³/mol. The van der Waals surface area contributed by atoms with E-state index >= 15 is 0 Å². The standard InChI is InChI=1S/C21H22N6OS/c1-3-4-5-16-8-12-18(13-9-16)27-21(24-25-26-27)29-14-19-22-23-20(28-19)17-10-6-15(2)7-11-17/h6-13H,3-5,14H2,1-2H3. The van der Waals surface area contributed by atoms with Gasteiger partial charge < -0.3 is 4.42 Å². The molecule has 29 heavy (non-hydrogen) atoms. The largest absolute Gasteiger partial charge is 0.420 e. The van der Waals surface area contributed by atoms with Crippen molar-refractivity contribution >= 4 is 11.8 Å². The predicted octanol–water partition coefficient (Wildman–Crippen LogP) is 4.66. The van der Waals surface area contributed by atoms with Gasteiger partial charge in [-0.1, -0.05) is 54.9 Å². The van der Waals surface area contributed by atoms with E-state index in [-0.39, 0.29) is 0 Å². The Morgan fingerprint density at radius 1 is 0.966 bits per heavy atom. The maximum absolute atomic E-state index is 5.79. The molecule has 0 aliphatic heterocycles. The molecule has 0 saturated heterocycles. The third-order valence-corrected chi connectivity index (χ3v) is 5.43. The van der Waals surface area contributed by atoms with Crippen LogP contribution in [-0.2, 0) is 12.2 Å². The van der Waals surface area contributed by atoms with Crippen LogP contribution >= 0.6 is 11.8 Å². The summed E-state index contributed by atoms with van der Waals surface area (Å²) in [5, 5.41) is 21.0. The first kappa shape index (κ1) is 19.3. The second kappa shape index (κ2) is 9.00. The number of rotatable bonds is 8. The second-order valence-electron chi connectivity index (χ2n) is 6.80.